The first-order valence-corrected chi connectivity index (χ1v) is 10.0. The molecule has 0 saturated heterocycles. The Morgan fingerprint density at radius 1 is 1.16 bits per heavy atom. The third-order valence-electron chi connectivity index (χ3n) is 4.89. The highest BCUT2D eigenvalue weighted by molar-refractivity contribution is 6.30. The van der Waals surface area contributed by atoms with Gasteiger partial charge in [0.25, 0.3) is 0 Å². The number of hydrogen-bond donors (Lipinski definition) is 0. The van der Waals surface area contributed by atoms with Gasteiger partial charge in [-0.3, -0.25) is 10.1 Å². The van der Waals surface area contributed by atoms with E-state index < -0.39 is 29.4 Å². The van der Waals surface area contributed by atoms with Crippen molar-refractivity contribution < 1.29 is 24.0 Å². The first-order chi connectivity index (χ1) is 14.8. The lowest BCUT2D eigenvalue weighted by Gasteiger charge is -2.34. The standard InChI is InChI=1S/C22H21ClN2O6/c1-3-30-21(26)20-14(2)25(22(27)31-13-15-7-5-4-6-8-15)19-10-9-16(23)11-17(19)18(20)12-24(28)29/h4-11,18H,3,12-13H2,1-2H3/t18-/m1/s1. The van der Waals surface area contributed by atoms with Crippen molar-refractivity contribution in [1.82, 2.24) is 0 Å². The van der Waals surface area contributed by atoms with Gasteiger partial charge >= 0.3 is 12.1 Å². The molecule has 0 unspecified atom stereocenters. The summed E-state index contributed by atoms with van der Waals surface area (Å²) in [6, 6.07) is 13.8. The second-order valence-corrected chi connectivity index (χ2v) is 7.30. The molecule has 3 rings (SSSR count). The van der Waals surface area contributed by atoms with Gasteiger partial charge in [-0.05, 0) is 43.2 Å². The molecule has 0 aromatic heterocycles. The predicted octanol–water partition coefficient (Wildman–Crippen LogP) is 4.69. The lowest BCUT2D eigenvalue weighted by atomic mass is 9.85. The number of anilines is 1. The predicted molar refractivity (Wildman–Crippen MR) is 114 cm³/mol. The van der Waals surface area contributed by atoms with Crippen molar-refractivity contribution in [2.45, 2.75) is 26.4 Å². The number of benzene rings is 2. The highest BCUT2D eigenvalue weighted by Gasteiger charge is 2.41. The topological polar surface area (TPSA) is 99.0 Å². The van der Waals surface area contributed by atoms with Crippen LogP contribution < -0.4 is 4.90 Å². The van der Waals surface area contributed by atoms with E-state index in [-0.39, 0.29) is 24.5 Å². The Bertz CT molecular complexity index is 1040. The average Bonchev–Trinajstić information content (AvgIpc) is 2.73. The number of ether oxygens (including phenoxy) is 2. The van der Waals surface area contributed by atoms with Gasteiger partial charge in [-0.1, -0.05) is 41.9 Å². The number of nitrogens with zero attached hydrogens (tertiary/aromatic N) is 2. The SMILES string of the molecule is CCOC(=O)C1=C(C)N(C(=O)OCc2ccccc2)c2ccc(Cl)cc2[C@H]1C[N+](=O)[O-]. The van der Waals surface area contributed by atoms with Crippen LogP contribution in [0.25, 0.3) is 0 Å². The molecule has 1 aliphatic heterocycles. The highest BCUT2D eigenvalue weighted by Crippen LogP contribution is 2.43. The van der Waals surface area contributed by atoms with Gasteiger partial charge in [0, 0.05) is 15.6 Å². The minimum Gasteiger partial charge on any atom is -0.463 e. The van der Waals surface area contributed by atoms with Crippen LogP contribution in [0.3, 0.4) is 0 Å². The van der Waals surface area contributed by atoms with Crippen LogP contribution in [0.1, 0.15) is 30.9 Å². The number of fused-ring (bicyclic) bond motifs is 1. The number of carbonyl (C=O) groups is 2. The summed E-state index contributed by atoms with van der Waals surface area (Å²) in [5, 5.41) is 11.7. The van der Waals surface area contributed by atoms with Gasteiger partial charge in [0.2, 0.25) is 6.54 Å². The fourth-order valence-electron chi connectivity index (χ4n) is 3.57. The molecule has 2 aromatic rings. The van der Waals surface area contributed by atoms with Gasteiger partial charge in [-0.15, -0.1) is 0 Å². The molecule has 9 heteroatoms. The van der Waals surface area contributed by atoms with E-state index in [2.05, 4.69) is 0 Å². The van der Waals surface area contributed by atoms with E-state index in [1.165, 1.54) is 11.0 Å². The number of rotatable bonds is 6. The first kappa shape index (κ1) is 22.3. The van der Waals surface area contributed by atoms with E-state index in [1.54, 1.807) is 26.0 Å². The molecule has 1 amide bonds. The highest BCUT2D eigenvalue weighted by atomic mass is 35.5. The number of hydrogen-bond acceptors (Lipinski definition) is 6. The molecule has 0 spiro atoms. The molecule has 8 nitrogen and oxygen atoms in total. The molecule has 0 fully saturated rings. The van der Waals surface area contributed by atoms with Crippen LogP contribution in [0.4, 0.5) is 10.5 Å². The van der Waals surface area contributed by atoms with E-state index in [0.29, 0.717) is 16.3 Å². The minimum absolute atomic E-state index is 0.0272. The van der Waals surface area contributed by atoms with Gasteiger partial charge in [-0.2, -0.15) is 0 Å². The molecule has 0 bridgehead atoms. The maximum atomic E-state index is 13.0. The Labute approximate surface area is 184 Å². The molecule has 0 saturated carbocycles. The number of nitro groups is 1. The summed E-state index contributed by atoms with van der Waals surface area (Å²) >= 11 is 6.14. The Morgan fingerprint density at radius 3 is 2.52 bits per heavy atom. The zero-order chi connectivity index (χ0) is 22.5. The van der Waals surface area contributed by atoms with Crippen molar-refractivity contribution in [3.05, 3.63) is 86.1 Å². The monoisotopic (exact) mass is 444 g/mol. The average molecular weight is 445 g/mol. The summed E-state index contributed by atoms with van der Waals surface area (Å²) in [5.74, 6) is -1.64. The van der Waals surface area contributed by atoms with Gasteiger partial charge in [-0.25, -0.2) is 14.5 Å². The molecule has 0 N–H and O–H groups in total. The Hall–Kier alpha value is -3.39. The number of allylic oxidation sites excluding steroid dienone is 1. The summed E-state index contributed by atoms with van der Waals surface area (Å²) in [7, 11) is 0. The van der Waals surface area contributed by atoms with E-state index in [0.717, 1.165) is 5.56 Å². The van der Waals surface area contributed by atoms with Crippen LogP contribution >= 0.6 is 11.6 Å². The molecule has 31 heavy (non-hydrogen) atoms. The fourth-order valence-corrected chi connectivity index (χ4v) is 3.75. The van der Waals surface area contributed by atoms with Gasteiger partial charge in [0.05, 0.1) is 23.8 Å². The molecule has 0 radical (unpaired) electrons. The largest absolute Gasteiger partial charge is 0.463 e. The summed E-state index contributed by atoms with van der Waals surface area (Å²) in [6.45, 7) is 2.74. The lowest BCUT2D eigenvalue weighted by molar-refractivity contribution is -0.481. The van der Waals surface area contributed by atoms with Crippen LogP contribution in [0.5, 0.6) is 0 Å². The summed E-state index contributed by atoms with van der Waals surface area (Å²) < 4.78 is 10.6. The second-order valence-electron chi connectivity index (χ2n) is 6.87. The van der Waals surface area contributed by atoms with Crippen molar-refractivity contribution in [3.63, 3.8) is 0 Å². The number of amides is 1. The Balaban J connectivity index is 2.06. The van der Waals surface area contributed by atoms with Crippen molar-refractivity contribution in [1.29, 1.82) is 0 Å². The van der Waals surface area contributed by atoms with Crippen LogP contribution in [0, 0.1) is 10.1 Å². The number of halogens is 1. The van der Waals surface area contributed by atoms with E-state index in [9.17, 15) is 19.7 Å². The maximum Gasteiger partial charge on any atom is 0.419 e. The van der Waals surface area contributed by atoms with E-state index in [1.807, 2.05) is 30.3 Å². The van der Waals surface area contributed by atoms with Crippen LogP contribution in [0.2, 0.25) is 5.02 Å². The molecule has 162 valence electrons. The normalized spacial score (nSPS) is 15.3. The third kappa shape index (κ3) is 4.86. The maximum absolute atomic E-state index is 13.0. The lowest BCUT2D eigenvalue weighted by Crippen LogP contribution is -2.38. The molecule has 0 aliphatic carbocycles. The smallest absolute Gasteiger partial charge is 0.419 e. The van der Waals surface area contributed by atoms with Crippen LogP contribution in [0.15, 0.2) is 59.8 Å². The Kier molecular flexibility index (Phi) is 6.91. The van der Waals surface area contributed by atoms with Crippen molar-refractivity contribution >= 4 is 29.4 Å². The van der Waals surface area contributed by atoms with Gasteiger partial charge in [0.15, 0.2) is 0 Å². The second kappa shape index (κ2) is 9.61. The summed E-state index contributed by atoms with van der Waals surface area (Å²) in [4.78, 5) is 37.9. The van der Waals surface area contributed by atoms with E-state index >= 15 is 0 Å². The molecule has 1 heterocycles. The molecular formula is C22H21ClN2O6. The van der Waals surface area contributed by atoms with Gasteiger partial charge in [0.1, 0.15) is 6.61 Å². The third-order valence-corrected chi connectivity index (χ3v) is 5.13. The molecule has 1 aliphatic rings. The quantitative estimate of drug-likeness (QED) is 0.364. The summed E-state index contributed by atoms with van der Waals surface area (Å²) in [6.07, 6.45) is -0.716. The number of esters is 1. The van der Waals surface area contributed by atoms with Crippen molar-refractivity contribution in [2.75, 3.05) is 18.1 Å². The number of carbonyl (C=O) groups excluding carboxylic acids is 2. The van der Waals surface area contributed by atoms with Crippen molar-refractivity contribution in [3.8, 4) is 0 Å². The van der Waals surface area contributed by atoms with Crippen LogP contribution in [-0.4, -0.2) is 30.1 Å². The van der Waals surface area contributed by atoms with Crippen LogP contribution in [-0.2, 0) is 20.9 Å². The zero-order valence-corrected chi connectivity index (χ0v) is 17.8. The molecule has 2 aromatic carbocycles. The Morgan fingerprint density at radius 2 is 1.87 bits per heavy atom. The van der Waals surface area contributed by atoms with E-state index in [4.69, 9.17) is 21.1 Å². The van der Waals surface area contributed by atoms with Crippen molar-refractivity contribution in [2.24, 2.45) is 0 Å². The molecular weight excluding hydrogens is 424 g/mol. The molecule has 1 atom stereocenters. The first-order valence-electron chi connectivity index (χ1n) is 9.63. The zero-order valence-electron chi connectivity index (χ0n) is 17.0. The minimum atomic E-state index is -0.916. The fraction of sp³-hybridized carbons (Fsp3) is 0.273. The summed E-state index contributed by atoms with van der Waals surface area (Å²) in [5.41, 5.74) is 1.81. The van der Waals surface area contributed by atoms with Gasteiger partial charge < -0.3 is 9.47 Å².